The average Bonchev–Trinajstić information content (AvgIpc) is 2.75. The van der Waals surface area contributed by atoms with E-state index in [-0.39, 0.29) is 17.3 Å². The number of nitrogens with zero attached hydrogens (tertiary/aromatic N) is 3. The molecule has 0 fully saturated rings. The molecule has 0 saturated heterocycles. The van der Waals surface area contributed by atoms with Crippen LogP contribution >= 0.6 is 0 Å². The van der Waals surface area contributed by atoms with Crippen LogP contribution in [0.4, 0.5) is 5.82 Å². The van der Waals surface area contributed by atoms with Gasteiger partial charge in [-0.1, -0.05) is 0 Å². The molecule has 116 valence electrons. The number of nitrogens with two attached hydrogens (primary N) is 1. The lowest BCUT2D eigenvalue weighted by Crippen LogP contribution is -2.28. The third-order valence-electron chi connectivity index (χ3n) is 2.59. The van der Waals surface area contributed by atoms with Gasteiger partial charge in [-0.15, -0.1) is 0 Å². The minimum atomic E-state index is -3.63. The van der Waals surface area contributed by atoms with E-state index < -0.39 is 10.0 Å². The van der Waals surface area contributed by atoms with E-state index in [1.807, 2.05) is 25.9 Å². The van der Waals surface area contributed by atoms with Gasteiger partial charge >= 0.3 is 0 Å². The van der Waals surface area contributed by atoms with Crippen molar-refractivity contribution in [2.45, 2.75) is 18.4 Å². The maximum atomic E-state index is 12.0. The SMILES string of the molecule is CCn1cc(S(=O)(=O)NCCOCCN(C)C)c(N)n1. The van der Waals surface area contributed by atoms with E-state index in [0.717, 1.165) is 6.54 Å². The zero-order chi connectivity index (χ0) is 15.2. The number of hydrogen-bond acceptors (Lipinski definition) is 6. The molecule has 0 amide bonds. The summed E-state index contributed by atoms with van der Waals surface area (Å²) >= 11 is 0. The lowest BCUT2D eigenvalue weighted by atomic mass is 10.6. The first-order valence-corrected chi connectivity index (χ1v) is 7.90. The molecule has 1 aromatic rings. The molecule has 0 aliphatic rings. The molecule has 0 bridgehead atoms. The molecule has 0 radical (unpaired) electrons. The van der Waals surface area contributed by atoms with Gasteiger partial charge in [0, 0.05) is 25.8 Å². The number of anilines is 1. The van der Waals surface area contributed by atoms with Crippen molar-refractivity contribution in [1.82, 2.24) is 19.4 Å². The van der Waals surface area contributed by atoms with Crippen molar-refractivity contribution in [2.75, 3.05) is 46.1 Å². The maximum absolute atomic E-state index is 12.0. The number of aryl methyl sites for hydroxylation is 1. The molecule has 1 heterocycles. The van der Waals surface area contributed by atoms with Gasteiger partial charge in [-0.05, 0) is 21.0 Å². The van der Waals surface area contributed by atoms with Crippen LogP contribution in [0.25, 0.3) is 0 Å². The summed E-state index contributed by atoms with van der Waals surface area (Å²) in [5, 5.41) is 3.91. The normalized spacial score (nSPS) is 12.2. The number of rotatable bonds is 9. The topological polar surface area (TPSA) is 102 Å². The second kappa shape index (κ2) is 7.58. The molecule has 1 aromatic heterocycles. The van der Waals surface area contributed by atoms with Crippen LogP contribution in [0.3, 0.4) is 0 Å². The van der Waals surface area contributed by atoms with Gasteiger partial charge in [-0.2, -0.15) is 5.10 Å². The molecule has 0 spiro atoms. The minimum Gasteiger partial charge on any atom is -0.381 e. The minimum absolute atomic E-state index is 0.00708. The van der Waals surface area contributed by atoms with Gasteiger partial charge in [0.05, 0.1) is 13.2 Å². The smallest absolute Gasteiger partial charge is 0.245 e. The highest BCUT2D eigenvalue weighted by atomic mass is 32.2. The van der Waals surface area contributed by atoms with E-state index in [0.29, 0.717) is 19.8 Å². The lowest BCUT2D eigenvalue weighted by Gasteiger charge is -2.10. The Bertz CT molecular complexity index is 512. The Hall–Kier alpha value is -1.16. The zero-order valence-electron chi connectivity index (χ0n) is 12.2. The molecule has 20 heavy (non-hydrogen) atoms. The van der Waals surface area contributed by atoms with Crippen LogP contribution in [0.1, 0.15) is 6.92 Å². The molecular formula is C11H23N5O3S. The quantitative estimate of drug-likeness (QED) is 0.587. The molecule has 9 heteroatoms. The average molecular weight is 305 g/mol. The van der Waals surface area contributed by atoms with Crippen LogP contribution in [0.15, 0.2) is 11.1 Å². The fourth-order valence-corrected chi connectivity index (χ4v) is 2.55. The first kappa shape index (κ1) is 16.9. The van der Waals surface area contributed by atoms with Crippen LogP contribution in [0, 0.1) is 0 Å². The van der Waals surface area contributed by atoms with Gasteiger partial charge in [0.25, 0.3) is 0 Å². The number of nitrogens with one attached hydrogen (secondary N) is 1. The first-order chi connectivity index (χ1) is 9.36. The van der Waals surface area contributed by atoms with E-state index in [2.05, 4.69) is 9.82 Å². The van der Waals surface area contributed by atoms with Crippen LogP contribution in [-0.2, 0) is 21.3 Å². The Labute approximate surface area is 119 Å². The van der Waals surface area contributed by atoms with Gasteiger partial charge < -0.3 is 15.4 Å². The second-order valence-electron chi connectivity index (χ2n) is 4.55. The van der Waals surface area contributed by atoms with E-state index in [1.54, 1.807) is 0 Å². The molecule has 0 atom stereocenters. The molecular weight excluding hydrogens is 282 g/mol. The molecule has 0 aliphatic heterocycles. The molecule has 0 aromatic carbocycles. The molecule has 3 N–H and O–H groups in total. The van der Waals surface area contributed by atoms with Crippen LogP contribution in [0.2, 0.25) is 0 Å². The number of nitrogen functional groups attached to an aromatic ring is 1. The largest absolute Gasteiger partial charge is 0.381 e. The van der Waals surface area contributed by atoms with Crippen molar-refractivity contribution in [3.63, 3.8) is 0 Å². The van der Waals surface area contributed by atoms with Crippen molar-refractivity contribution in [3.05, 3.63) is 6.20 Å². The Morgan fingerprint density at radius 2 is 2.15 bits per heavy atom. The van der Waals surface area contributed by atoms with E-state index in [4.69, 9.17) is 10.5 Å². The summed E-state index contributed by atoms with van der Waals surface area (Å²) in [5.41, 5.74) is 5.60. The highest BCUT2D eigenvalue weighted by Gasteiger charge is 2.20. The third-order valence-corrected chi connectivity index (χ3v) is 4.07. The molecule has 8 nitrogen and oxygen atoms in total. The molecule has 0 unspecified atom stereocenters. The van der Waals surface area contributed by atoms with E-state index >= 15 is 0 Å². The number of ether oxygens (including phenoxy) is 1. The predicted octanol–water partition coefficient (Wildman–Crippen LogP) is -0.658. The maximum Gasteiger partial charge on any atom is 0.245 e. The van der Waals surface area contributed by atoms with Crippen LogP contribution in [-0.4, -0.2) is 63.5 Å². The standard InChI is InChI=1S/C11H23N5O3S/c1-4-16-9-10(11(12)14-16)20(17,18)13-5-7-19-8-6-15(2)3/h9,13H,4-8H2,1-3H3,(H2,12,14). The second-order valence-corrected chi connectivity index (χ2v) is 6.28. The summed E-state index contributed by atoms with van der Waals surface area (Å²) in [7, 11) is 0.257. The Morgan fingerprint density at radius 3 is 2.70 bits per heavy atom. The van der Waals surface area contributed by atoms with E-state index in [9.17, 15) is 8.42 Å². The van der Waals surface area contributed by atoms with Crippen LogP contribution in [0.5, 0.6) is 0 Å². The number of hydrogen-bond donors (Lipinski definition) is 2. The summed E-state index contributed by atoms with van der Waals surface area (Å²) in [6, 6.07) is 0. The van der Waals surface area contributed by atoms with Crippen molar-refractivity contribution >= 4 is 15.8 Å². The monoisotopic (exact) mass is 305 g/mol. The molecule has 0 saturated carbocycles. The van der Waals surface area contributed by atoms with Crippen molar-refractivity contribution in [1.29, 1.82) is 0 Å². The number of likely N-dealkylation sites (N-methyl/N-ethyl adjacent to an activating group) is 1. The summed E-state index contributed by atoms with van der Waals surface area (Å²) in [6.45, 7) is 4.29. The first-order valence-electron chi connectivity index (χ1n) is 6.42. The fraction of sp³-hybridized carbons (Fsp3) is 0.727. The van der Waals surface area contributed by atoms with E-state index in [1.165, 1.54) is 10.9 Å². The van der Waals surface area contributed by atoms with Crippen LogP contribution < -0.4 is 10.5 Å². The van der Waals surface area contributed by atoms with Gasteiger partial charge in [-0.3, -0.25) is 4.68 Å². The number of sulfonamides is 1. The van der Waals surface area contributed by atoms with Gasteiger partial charge in [-0.25, -0.2) is 13.1 Å². The molecule has 0 aliphatic carbocycles. The summed E-state index contributed by atoms with van der Waals surface area (Å²) in [4.78, 5) is 2.00. The number of aromatic nitrogens is 2. The Morgan fingerprint density at radius 1 is 1.45 bits per heavy atom. The van der Waals surface area contributed by atoms with Gasteiger partial charge in [0.15, 0.2) is 5.82 Å². The van der Waals surface area contributed by atoms with Gasteiger partial charge in [0.2, 0.25) is 10.0 Å². The summed E-state index contributed by atoms with van der Waals surface area (Å²) in [6.07, 6.45) is 1.42. The summed E-state index contributed by atoms with van der Waals surface area (Å²) < 4.78 is 33.3. The predicted molar refractivity (Wildman–Crippen MR) is 76.9 cm³/mol. The highest BCUT2D eigenvalue weighted by molar-refractivity contribution is 7.89. The lowest BCUT2D eigenvalue weighted by molar-refractivity contribution is 0.122. The van der Waals surface area contributed by atoms with Crippen molar-refractivity contribution in [2.24, 2.45) is 0 Å². The third kappa shape index (κ3) is 5.08. The van der Waals surface area contributed by atoms with Crippen molar-refractivity contribution in [3.8, 4) is 0 Å². The van der Waals surface area contributed by atoms with Gasteiger partial charge in [0.1, 0.15) is 4.90 Å². The fourth-order valence-electron chi connectivity index (χ4n) is 1.46. The summed E-state index contributed by atoms with van der Waals surface area (Å²) in [5.74, 6) is 0.00729. The zero-order valence-corrected chi connectivity index (χ0v) is 13.0. The van der Waals surface area contributed by atoms with Crippen molar-refractivity contribution < 1.29 is 13.2 Å². The Kier molecular flexibility index (Phi) is 6.40. The highest BCUT2D eigenvalue weighted by Crippen LogP contribution is 2.15. The Balaban J connectivity index is 2.43. The molecule has 1 rings (SSSR count).